The molecule has 1 fully saturated rings. The van der Waals surface area contributed by atoms with E-state index < -0.39 is 0 Å². The summed E-state index contributed by atoms with van der Waals surface area (Å²) in [5.74, 6) is 0.653. The van der Waals surface area contributed by atoms with E-state index in [0.717, 1.165) is 54.4 Å². The molecule has 0 spiro atoms. The van der Waals surface area contributed by atoms with Gasteiger partial charge in [-0.3, -0.25) is 9.69 Å². The Kier molecular flexibility index (Phi) is 7.23. The molecule has 5 heteroatoms. The largest absolute Gasteiger partial charge is 0.483 e. The number of carbonyl (C=O) groups is 1. The fourth-order valence-corrected chi connectivity index (χ4v) is 4.07. The maximum Gasteiger partial charge on any atom is 0.258 e. The van der Waals surface area contributed by atoms with Gasteiger partial charge in [-0.15, -0.1) is 0 Å². The second kappa shape index (κ2) is 10.5. The highest BCUT2D eigenvalue weighted by Crippen LogP contribution is 2.29. The van der Waals surface area contributed by atoms with Crippen molar-refractivity contribution in [3.05, 3.63) is 89.4 Å². The highest BCUT2D eigenvalue weighted by molar-refractivity contribution is 6.30. The Morgan fingerprint density at radius 1 is 0.935 bits per heavy atom. The van der Waals surface area contributed by atoms with E-state index in [1.54, 1.807) is 0 Å². The van der Waals surface area contributed by atoms with Crippen LogP contribution in [0.4, 0.5) is 0 Å². The first-order valence-corrected chi connectivity index (χ1v) is 11.1. The normalized spacial score (nSPS) is 14.9. The Morgan fingerprint density at radius 3 is 2.35 bits per heavy atom. The van der Waals surface area contributed by atoms with Crippen molar-refractivity contribution < 1.29 is 9.53 Å². The summed E-state index contributed by atoms with van der Waals surface area (Å²) in [5.41, 5.74) is 3.33. The van der Waals surface area contributed by atoms with Crippen LogP contribution in [0.1, 0.15) is 18.4 Å². The standard InChI is InChI=1S/C26H27ClN2O2/c27-22-12-10-20(11-13-22)18-29-16-14-23(15-17-29)28-26(30)19-31-25-9-5-4-8-24(25)21-6-2-1-3-7-21/h1-13,23H,14-19H2,(H,28,30). The third kappa shape index (κ3) is 6.09. The molecule has 0 bridgehead atoms. The Morgan fingerprint density at radius 2 is 1.61 bits per heavy atom. The van der Waals surface area contributed by atoms with Crippen LogP contribution in [0.25, 0.3) is 11.1 Å². The molecule has 4 nitrogen and oxygen atoms in total. The predicted octanol–water partition coefficient (Wildman–Crippen LogP) is 5.17. The zero-order valence-electron chi connectivity index (χ0n) is 17.5. The van der Waals surface area contributed by atoms with Crippen LogP contribution in [-0.4, -0.2) is 36.5 Å². The van der Waals surface area contributed by atoms with Crippen molar-refractivity contribution in [3.63, 3.8) is 0 Å². The number of likely N-dealkylation sites (tertiary alicyclic amines) is 1. The van der Waals surface area contributed by atoms with E-state index in [9.17, 15) is 4.79 Å². The lowest BCUT2D eigenvalue weighted by molar-refractivity contribution is -0.124. The Balaban J connectivity index is 1.24. The van der Waals surface area contributed by atoms with Gasteiger partial charge in [0.2, 0.25) is 0 Å². The number of nitrogens with one attached hydrogen (secondary N) is 1. The predicted molar refractivity (Wildman–Crippen MR) is 125 cm³/mol. The highest BCUT2D eigenvalue weighted by atomic mass is 35.5. The molecule has 0 aromatic heterocycles. The highest BCUT2D eigenvalue weighted by Gasteiger charge is 2.21. The van der Waals surface area contributed by atoms with Gasteiger partial charge in [-0.1, -0.05) is 72.3 Å². The molecule has 160 valence electrons. The maximum atomic E-state index is 12.5. The summed E-state index contributed by atoms with van der Waals surface area (Å²) in [6, 6.07) is 26.1. The molecule has 1 heterocycles. The molecule has 3 aromatic rings. The summed E-state index contributed by atoms with van der Waals surface area (Å²) >= 11 is 5.96. The molecule has 31 heavy (non-hydrogen) atoms. The van der Waals surface area contributed by atoms with Crippen molar-refractivity contribution in [3.8, 4) is 16.9 Å². The molecule has 1 N–H and O–H groups in total. The number of hydrogen-bond acceptors (Lipinski definition) is 3. The summed E-state index contributed by atoms with van der Waals surface area (Å²) in [5, 5.41) is 3.89. The van der Waals surface area contributed by atoms with Gasteiger partial charge < -0.3 is 10.1 Å². The van der Waals surface area contributed by atoms with Gasteiger partial charge in [0.05, 0.1) is 0 Å². The van der Waals surface area contributed by atoms with Gasteiger partial charge in [0.1, 0.15) is 5.75 Å². The molecule has 1 saturated heterocycles. The van der Waals surface area contributed by atoms with E-state index >= 15 is 0 Å². The first-order valence-electron chi connectivity index (χ1n) is 10.7. The molecular formula is C26H27ClN2O2. The van der Waals surface area contributed by atoms with Crippen LogP contribution in [0.3, 0.4) is 0 Å². The van der Waals surface area contributed by atoms with E-state index in [-0.39, 0.29) is 18.6 Å². The average molecular weight is 435 g/mol. The average Bonchev–Trinajstić information content (AvgIpc) is 2.81. The van der Waals surface area contributed by atoms with E-state index in [1.165, 1.54) is 5.56 Å². The van der Waals surface area contributed by atoms with Crippen LogP contribution >= 0.6 is 11.6 Å². The first kappa shape index (κ1) is 21.4. The van der Waals surface area contributed by atoms with Crippen molar-refractivity contribution in [1.82, 2.24) is 10.2 Å². The molecule has 1 aliphatic rings. The molecule has 1 amide bonds. The lowest BCUT2D eigenvalue weighted by Gasteiger charge is -2.32. The monoisotopic (exact) mass is 434 g/mol. The second-order valence-corrected chi connectivity index (χ2v) is 8.33. The van der Waals surface area contributed by atoms with E-state index in [2.05, 4.69) is 22.3 Å². The van der Waals surface area contributed by atoms with Gasteiger partial charge in [-0.05, 0) is 42.2 Å². The minimum absolute atomic E-state index is 0.0227. The van der Waals surface area contributed by atoms with Gasteiger partial charge in [-0.2, -0.15) is 0 Å². The Bertz CT molecular complexity index is 984. The SMILES string of the molecule is O=C(COc1ccccc1-c1ccccc1)NC1CCN(Cc2ccc(Cl)cc2)CC1. The van der Waals surface area contributed by atoms with Gasteiger partial charge in [0, 0.05) is 36.3 Å². The number of piperidine rings is 1. The van der Waals surface area contributed by atoms with Crippen LogP contribution < -0.4 is 10.1 Å². The van der Waals surface area contributed by atoms with E-state index in [4.69, 9.17) is 16.3 Å². The molecule has 4 rings (SSSR count). The summed E-state index contributed by atoms with van der Waals surface area (Å²) < 4.78 is 5.87. The topological polar surface area (TPSA) is 41.6 Å². The lowest BCUT2D eigenvalue weighted by atomic mass is 10.0. The van der Waals surface area contributed by atoms with Crippen molar-refractivity contribution in [1.29, 1.82) is 0 Å². The number of ether oxygens (including phenoxy) is 1. The molecule has 0 unspecified atom stereocenters. The number of halogens is 1. The third-order valence-electron chi connectivity index (χ3n) is 5.60. The Hall–Kier alpha value is -2.82. The number of benzene rings is 3. The number of nitrogens with zero attached hydrogens (tertiary/aromatic N) is 1. The van der Waals surface area contributed by atoms with Crippen LogP contribution in [-0.2, 0) is 11.3 Å². The van der Waals surface area contributed by atoms with Crippen LogP contribution in [0.5, 0.6) is 5.75 Å². The van der Waals surface area contributed by atoms with Gasteiger partial charge in [0.25, 0.3) is 5.91 Å². The van der Waals surface area contributed by atoms with Crippen molar-refractivity contribution in [2.75, 3.05) is 19.7 Å². The summed E-state index contributed by atoms with van der Waals surface area (Å²) in [6.07, 6.45) is 1.89. The third-order valence-corrected chi connectivity index (χ3v) is 5.85. The molecular weight excluding hydrogens is 408 g/mol. The maximum absolute atomic E-state index is 12.5. The fraction of sp³-hybridized carbons (Fsp3) is 0.269. The molecule has 0 radical (unpaired) electrons. The number of hydrogen-bond donors (Lipinski definition) is 1. The van der Waals surface area contributed by atoms with Crippen molar-refractivity contribution in [2.24, 2.45) is 0 Å². The summed E-state index contributed by atoms with van der Waals surface area (Å²) in [7, 11) is 0. The van der Waals surface area contributed by atoms with Crippen LogP contribution in [0, 0.1) is 0 Å². The number of rotatable bonds is 7. The second-order valence-electron chi connectivity index (χ2n) is 7.90. The van der Waals surface area contributed by atoms with Crippen LogP contribution in [0.15, 0.2) is 78.9 Å². The molecule has 0 atom stereocenters. The van der Waals surface area contributed by atoms with Gasteiger partial charge in [-0.25, -0.2) is 0 Å². The zero-order valence-corrected chi connectivity index (χ0v) is 18.2. The number of amides is 1. The minimum atomic E-state index is -0.0704. The zero-order chi connectivity index (χ0) is 21.5. The molecule has 0 aliphatic carbocycles. The molecule has 1 aliphatic heterocycles. The number of para-hydroxylation sites is 1. The first-order chi connectivity index (χ1) is 15.2. The summed E-state index contributed by atoms with van der Waals surface area (Å²) in [4.78, 5) is 14.9. The number of carbonyl (C=O) groups excluding carboxylic acids is 1. The molecule has 0 saturated carbocycles. The van der Waals surface area contributed by atoms with Crippen molar-refractivity contribution >= 4 is 17.5 Å². The molecule has 3 aromatic carbocycles. The smallest absolute Gasteiger partial charge is 0.258 e. The van der Waals surface area contributed by atoms with E-state index in [1.807, 2.05) is 66.7 Å². The van der Waals surface area contributed by atoms with Crippen LogP contribution in [0.2, 0.25) is 5.02 Å². The minimum Gasteiger partial charge on any atom is -0.483 e. The summed E-state index contributed by atoms with van der Waals surface area (Å²) in [6.45, 7) is 2.86. The Labute approximate surface area is 188 Å². The van der Waals surface area contributed by atoms with Crippen molar-refractivity contribution in [2.45, 2.75) is 25.4 Å². The van der Waals surface area contributed by atoms with Gasteiger partial charge in [0.15, 0.2) is 6.61 Å². The quantitative estimate of drug-likeness (QED) is 0.558. The van der Waals surface area contributed by atoms with Gasteiger partial charge >= 0.3 is 0 Å². The lowest BCUT2D eigenvalue weighted by Crippen LogP contribution is -2.45. The fourth-order valence-electron chi connectivity index (χ4n) is 3.94. The van der Waals surface area contributed by atoms with E-state index in [0.29, 0.717) is 0 Å².